The van der Waals surface area contributed by atoms with Crippen molar-refractivity contribution in [3.05, 3.63) is 59.7 Å². The maximum absolute atomic E-state index is 12.4. The molecule has 0 fully saturated rings. The normalized spacial score (nSPS) is 11.2. The van der Waals surface area contributed by atoms with Gasteiger partial charge in [0.25, 0.3) is 11.8 Å². The standard InChI is InChI=1S/C24H31N3O4S/c1-4-6-14-30-21-9-7-8-19(15-21)23(29)25-24(32)27-26-22(28)16-31-20-12-10-18(11-13-20)17(3)5-2/h7-13,15,17H,4-6,14,16H2,1-3H3,(H,26,28)(H2,25,27,29,32). The number of ether oxygens (including phenoxy) is 2. The maximum atomic E-state index is 12.4. The lowest BCUT2D eigenvalue weighted by atomic mass is 9.99. The summed E-state index contributed by atoms with van der Waals surface area (Å²) in [5.41, 5.74) is 6.52. The van der Waals surface area contributed by atoms with Gasteiger partial charge in [-0.2, -0.15) is 0 Å². The van der Waals surface area contributed by atoms with Gasteiger partial charge in [0.2, 0.25) is 0 Å². The minimum absolute atomic E-state index is 0.0291. The van der Waals surface area contributed by atoms with Crippen LogP contribution in [0.3, 0.4) is 0 Å². The van der Waals surface area contributed by atoms with E-state index in [0.717, 1.165) is 19.3 Å². The molecule has 0 aliphatic carbocycles. The van der Waals surface area contributed by atoms with E-state index in [4.69, 9.17) is 21.7 Å². The van der Waals surface area contributed by atoms with Gasteiger partial charge in [-0.1, -0.05) is 45.4 Å². The predicted molar refractivity (Wildman–Crippen MR) is 129 cm³/mol. The van der Waals surface area contributed by atoms with Crippen LogP contribution in [0.4, 0.5) is 0 Å². The van der Waals surface area contributed by atoms with Crippen LogP contribution in [-0.2, 0) is 4.79 Å². The highest BCUT2D eigenvalue weighted by Crippen LogP contribution is 2.21. The van der Waals surface area contributed by atoms with Gasteiger partial charge in [0.15, 0.2) is 11.7 Å². The number of unbranched alkanes of at least 4 members (excludes halogenated alkanes) is 1. The number of hydrogen-bond acceptors (Lipinski definition) is 5. The first kappa shape index (κ1) is 25.1. The van der Waals surface area contributed by atoms with Gasteiger partial charge < -0.3 is 9.47 Å². The van der Waals surface area contributed by atoms with Crippen LogP contribution in [0.25, 0.3) is 0 Å². The van der Waals surface area contributed by atoms with E-state index in [0.29, 0.717) is 29.6 Å². The number of hydrogen-bond donors (Lipinski definition) is 3. The molecule has 2 amide bonds. The van der Waals surface area contributed by atoms with Crippen LogP contribution in [-0.4, -0.2) is 30.1 Å². The van der Waals surface area contributed by atoms with E-state index >= 15 is 0 Å². The van der Waals surface area contributed by atoms with Crippen LogP contribution in [0.15, 0.2) is 48.5 Å². The molecule has 2 rings (SSSR count). The zero-order chi connectivity index (χ0) is 23.3. The molecular weight excluding hydrogens is 426 g/mol. The van der Waals surface area contributed by atoms with Crippen molar-refractivity contribution in [2.24, 2.45) is 0 Å². The minimum atomic E-state index is -0.432. The lowest BCUT2D eigenvalue weighted by Gasteiger charge is -2.13. The summed E-state index contributed by atoms with van der Waals surface area (Å²) >= 11 is 5.07. The van der Waals surface area contributed by atoms with Crippen LogP contribution in [0, 0.1) is 0 Å². The second kappa shape index (κ2) is 13.3. The van der Waals surface area contributed by atoms with Crippen LogP contribution in [0.5, 0.6) is 11.5 Å². The quantitative estimate of drug-likeness (QED) is 0.283. The fourth-order valence-corrected chi connectivity index (χ4v) is 2.85. The first-order chi connectivity index (χ1) is 15.4. The summed E-state index contributed by atoms with van der Waals surface area (Å²) in [6.45, 7) is 6.78. The third kappa shape index (κ3) is 8.55. The molecule has 2 aromatic rings. The third-order valence-electron chi connectivity index (χ3n) is 4.84. The second-order valence-electron chi connectivity index (χ2n) is 7.35. The number of amides is 2. The molecular formula is C24H31N3O4S. The van der Waals surface area contributed by atoms with Crippen molar-refractivity contribution in [3.8, 4) is 11.5 Å². The van der Waals surface area contributed by atoms with Gasteiger partial charge >= 0.3 is 0 Å². The first-order valence-corrected chi connectivity index (χ1v) is 11.2. The molecule has 0 bridgehead atoms. The summed E-state index contributed by atoms with van der Waals surface area (Å²) < 4.78 is 11.1. The summed E-state index contributed by atoms with van der Waals surface area (Å²) in [5.74, 6) is 0.856. The van der Waals surface area contributed by atoms with Crippen molar-refractivity contribution in [1.82, 2.24) is 16.2 Å². The Morgan fingerprint density at radius 2 is 1.75 bits per heavy atom. The summed E-state index contributed by atoms with van der Waals surface area (Å²) in [5, 5.41) is 2.48. The van der Waals surface area contributed by atoms with Gasteiger partial charge in [-0.05, 0) is 66.9 Å². The van der Waals surface area contributed by atoms with Crippen molar-refractivity contribution in [2.45, 2.75) is 46.0 Å². The summed E-state index contributed by atoms with van der Waals surface area (Å²) in [7, 11) is 0. The van der Waals surface area contributed by atoms with Gasteiger partial charge in [0, 0.05) is 5.56 Å². The maximum Gasteiger partial charge on any atom is 0.276 e. The third-order valence-corrected chi connectivity index (χ3v) is 5.04. The zero-order valence-electron chi connectivity index (χ0n) is 18.8. The highest BCUT2D eigenvalue weighted by molar-refractivity contribution is 7.80. The van der Waals surface area contributed by atoms with Crippen molar-refractivity contribution in [3.63, 3.8) is 0 Å². The highest BCUT2D eigenvalue weighted by atomic mass is 32.1. The Morgan fingerprint density at radius 3 is 2.44 bits per heavy atom. The lowest BCUT2D eigenvalue weighted by molar-refractivity contribution is -0.123. The predicted octanol–water partition coefficient (Wildman–Crippen LogP) is 4.09. The first-order valence-electron chi connectivity index (χ1n) is 10.8. The van der Waals surface area contributed by atoms with Crippen molar-refractivity contribution >= 4 is 29.1 Å². The molecule has 1 atom stereocenters. The van der Waals surface area contributed by atoms with E-state index in [2.05, 4.69) is 36.9 Å². The monoisotopic (exact) mass is 457 g/mol. The fourth-order valence-electron chi connectivity index (χ4n) is 2.71. The largest absolute Gasteiger partial charge is 0.494 e. The summed E-state index contributed by atoms with van der Waals surface area (Å²) in [4.78, 5) is 24.3. The smallest absolute Gasteiger partial charge is 0.276 e. The van der Waals surface area contributed by atoms with E-state index in [1.165, 1.54) is 5.56 Å². The number of thiocarbonyl (C=S) groups is 1. The fraction of sp³-hybridized carbons (Fsp3) is 0.375. The Hall–Kier alpha value is -3.13. The van der Waals surface area contributed by atoms with E-state index in [-0.39, 0.29) is 11.7 Å². The topological polar surface area (TPSA) is 88.7 Å². The lowest BCUT2D eigenvalue weighted by Crippen LogP contribution is -2.49. The van der Waals surface area contributed by atoms with Crippen LogP contribution in [0.1, 0.15) is 61.9 Å². The average molecular weight is 458 g/mol. The molecule has 0 spiro atoms. The zero-order valence-corrected chi connectivity index (χ0v) is 19.6. The molecule has 0 radical (unpaired) electrons. The van der Waals surface area contributed by atoms with Gasteiger partial charge in [-0.15, -0.1) is 0 Å². The Morgan fingerprint density at radius 1 is 1.00 bits per heavy atom. The minimum Gasteiger partial charge on any atom is -0.494 e. The summed E-state index contributed by atoms with van der Waals surface area (Å²) in [6.07, 6.45) is 3.03. The Bertz CT molecular complexity index is 902. The molecule has 1 unspecified atom stereocenters. The molecule has 0 heterocycles. The summed E-state index contributed by atoms with van der Waals surface area (Å²) in [6, 6.07) is 14.5. The molecule has 0 aromatic heterocycles. The van der Waals surface area contributed by atoms with E-state index in [1.807, 2.05) is 24.3 Å². The molecule has 8 heteroatoms. The van der Waals surface area contributed by atoms with E-state index in [1.54, 1.807) is 24.3 Å². The van der Waals surface area contributed by atoms with Gasteiger partial charge in [-0.25, -0.2) is 0 Å². The Kier molecular flexibility index (Phi) is 10.5. The SMILES string of the molecule is CCCCOc1cccc(C(=O)NC(=S)NNC(=O)COc2ccc(C(C)CC)cc2)c1. The highest BCUT2D eigenvalue weighted by Gasteiger charge is 2.10. The molecule has 0 aliphatic heterocycles. The molecule has 32 heavy (non-hydrogen) atoms. The Labute approximate surface area is 194 Å². The van der Waals surface area contributed by atoms with E-state index < -0.39 is 11.8 Å². The number of hydrazine groups is 1. The average Bonchev–Trinajstić information content (AvgIpc) is 2.81. The molecule has 0 saturated heterocycles. The van der Waals surface area contributed by atoms with Crippen LogP contribution < -0.4 is 25.6 Å². The molecule has 3 N–H and O–H groups in total. The van der Waals surface area contributed by atoms with Crippen LogP contribution >= 0.6 is 12.2 Å². The number of carbonyl (C=O) groups excluding carboxylic acids is 2. The second-order valence-corrected chi connectivity index (χ2v) is 7.76. The number of nitrogens with one attached hydrogen (secondary N) is 3. The number of benzene rings is 2. The van der Waals surface area contributed by atoms with Gasteiger partial charge in [-0.3, -0.25) is 25.8 Å². The van der Waals surface area contributed by atoms with Crippen molar-refractivity contribution in [2.75, 3.05) is 13.2 Å². The van der Waals surface area contributed by atoms with Gasteiger partial charge in [0.05, 0.1) is 6.61 Å². The van der Waals surface area contributed by atoms with Crippen LogP contribution in [0.2, 0.25) is 0 Å². The molecule has 7 nitrogen and oxygen atoms in total. The van der Waals surface area contributed by atoms with Crippen molar-refractivity contribution in [1.29, 1.82) is 0 Å². The van der Waals surface area contributed by atoms with Gasteiger partial charge in [0.1, 0.15) is 11.5 Å². The number of carbonyl (C=O) groups is 2. The molecule has 172 valence electrons. The molecule has 2 aromatic carbocycles. The van der Waals surface area contributed by atoms with E-state index in [9.17, 15) is 9.59 Å². The Balaban J connectivity index is 1.73. The number of rotatable bonds is 10. The molecule has 0 saturated carbocycles. The molecule has 0 aliphatic rings. The van der Waals surface area contributed by atoms with Crippen molar-refractivity contribution < 1.29 is 19.1 Å².